The van der Waals surface area contributed by atoms with E-state index in [9.17, 15) is 10.5 Å². The van der Waals surface area contributed by atoms with Gasteiger partial charge in [-0.1, -0.05) is 133 Å². The van der Waals surface area contributed by atoms with Crippen molar-refractivity contribution in [2.24, 2.45) is 0 Å². The fraction of sp³-hybridized carbons (Fsp3) is 0. The van der Waals surface area contributed by atoms with E-state index < -0.39 is 8.07 Å². The minimum absolute atomic E-state index is 0.593. The van der Waals surface area contributed by atoms with Crippen molar-refractivity contribution in [3.63, 3.8) is 0 Å². The molecule has 0 bridgehead atoms. The van der Waals surface area contributed by atoms with Gasteiger partial charge in [0.15, 0.2) is 8.07 Å². The van der Waals surface area contributed by atoms with Gasteiger partial charge in [0.25, 0.3) is 0 Å². The average Bonchev–Trinajstić information content (AvgIpc) is 3.49. The van der Waals surface area contributed by atoms with E-state index in [1.807, 2.05) is 36.4 Å². The number of aromatic nitrogens is 1. The number of fused-ring (bicyclic) bond motifs is 3. The van der Waals surface area contributed by atoms with Gasteiger partial charge >= 0.3 is 0 Å². The van der Waals surface area contributed by atoms with Crippen LogP contribution in [-0.4, -0.2) is 12.6 Å². The molecule has 1 heterocycles. The molecule has 7 aromatic carbocycles. The third-order valence-electron chi connectivity index (χ3n) is 9.42. The van der Waals surface area contributed by atoms with E-state index in [-0.39, 0.29) is 0 Å². The zero-order valence-electron chi connectivity index (χ0n) is 26.1. The van der Waals surface area contributed by atoms with Crippen LogP contribution in [0.5, 0.6) is 0 Å². The predicted octanol–water partition coefficient (Wildman–Crippen LogP) is 7.57. The zero-order valence-corrected chi connectivity index (χ0v) is 27.1. The Bertz CT molecular complexity index is 2340. The fourth-order valence-electron chi connectivity index (χ4n) is 7.30. The van der Waals surface area contributed by atoms with Crippen LogP contribution in [0.25, 0.3) is 38.6 Å². The Morgan fingerprint density at radius 2 is 0.833 bits per heavy atom. The summed E-state index contributed by atoms with van der Waals surface area (Å²) in [4.78, 5) is 0. The molecule has 0 fully saturated rings. The van der Waals surface area contributed by atoms with E-state index in [1.165, 1.54) is 20.7 Å². The standard InChI is InChI=1S/C44H29N3Si/c45-30-32-20-26-43-40(28-32)41-29-33(31-46)21-27-44(41)47(43)42-19-11-10-18-39(42)34-22-24-38(25-23-34)48(35-12-4-1-5-13-35,36-14-6-2-7-15-36)37-16-8-3-9-17-37/h1-29H. The summed E-state index contributed by atoms with van der Waals surface area (Å²) in [5, 5.41) is 26.6. The maximum absolute atomic E-state index is 9.68. The molecule has 0 saturated carbocycles. The highest BCUT2D eigenvalue weighted by Crippen LogP contribution is 2.37. The molecule has 8 aromatic rings. The van der Waals surface area contributed by atoms with Crippen molar-refractivity contribution in [2.75, 3.05) is 0 Å². The van der Waals surface area contributed by atoms with E-state index in [2.05, 4.69) is 156 Å². The van der Waals surface area contributed by atoms with Crippen molar-refractivity contribution in [1.29, 1.82) is 10.5 Å². The van der Waals surface area contributed by atoms with E-state index in [4.69, 9.17) is 0 Å². The number of hydrogen-bond acceptors (Lipinski definition) is 2. The molecule has 0 unspecified atom stereocenters. The molecule has 0 aliphatic rings. The van der Waals surface area contributed by atoms with Crippen LogP contribution in [0.2, 0.25) is 0 Å². The molecule has 0 atom stereocenters. The summed E-state index contributed by atoms with van der Waals surface area (Å²) in [6, 6.07) is 66.7. The molecule has 0 amide bonds. The van der Waals surface area contributed by atoms with Gasteiger partial charge in [-0.3, -0.25) is 0 Å². The Morgan fingerprint density at radius 1 is 0.417 bits per heavy atom. The van der Waals surface area contributed by atoms with Crippen molar-refractivity contribution in [1.82, 2.24) is 4.57 Å². The van der Waals surface area contributed by atoms with Crippen LogP contribution >= 0.6 is 0 Å². The summed E-state index contributed by atoms with van der Waals surface area (Å²) in [6.45, 7) is 0. The summed E-state index contributed by atoms with van der Waals surface area (Å²) >= 11 is 0. The fourth-order valence-corrected chi connectivity index (χ4v) is 12.0. The highest BCUT2D eigenvalue weighted by Gasteiger charge is 2.41. The number of nitriles is 2. The second kappa shape index (κ2) is 12.0. The first-order valence-electron chi connectivity index (χ1n) is 16.0. The Balaban J connectivity index is 1.34. The maximum atomic E-state index is 9.68. The van der Waals surface area contributed by atoms with E-state index in [0.717, 1.165) is 38.6 Å². The second-order valence-electron chi connectivity index (χ2n) is 12.0. The van der Waals surface area contributed by atoms with E-state index in [0.29, 0.717) is 11.1 Å². The number of hydrogen-bond donors (Lipinski definition) is 0. The lowest BCUT2D eigenvalue weighted by Gasteiger charge is -2.34. The quantitative estimate of drug-likeness (QED) is 0.141. The highest BCUT2D eigenvalue weighted by molar-refractivity contribution is 7.19. The van der Waals surface area contributed by atoms with Gasteiger partial charge in [0.2, 0.25) is 0 Å². The number of benzene rings is 7. The van der Waals surface area contributed by atoms with Crippen LogP contribution in [0.15, 0.2) is 176 Å². The molecule has 224 valence electrons. The van der Waals surface area contributed by atoms with Crippen molar-refractivity contribution in [3.8, 4) is 29.0 Å². The molecular formula is C44H29N3Si. The second-order valence-corrected chi connectivity index (χ2v) is 15.8. The van der Waals surface area contributed by atoms with E-state index >= 15 is 0 Å². The first kappa shape index (κ1) is 29.0. The molecule has 3 nitrogen and oxygen atoms in total. The van der Waals surface area contributed by atoms with Gasteiger partial charge in [-0.25, -0.2) is 0 Å². The lowest BCUT2D eigenvalue weighted by Crippen LogP contribution is -2.74. The molecule has 0 radical (unpaired) electrons. The van der Waals surface area contributed by atoms with Gasteiger partial charge in [0, 0.05) is 16.3 Å². The Morgan fingerprint density at radius 3 is 1.29 bits per heavy atom. The van der Waals surface area contributed by atoms with Crippen LogP contribution in [0.3, 0.4) is 0 Å². The summed E-state index contributed by atoms with van der Waals surface area (Å²) in [6.07, 6.45) is 0. The van der Waals surface area contributed by atoms with E-state index in [1.54, 1.807) is 0 Å². The van der Waals surface area contributed by atoms with Gasteiger partial charge in [0.1, 0.15) is 0 Å². The average molecular weight is 628 g/mol. The Kier molecular flexibility index (Phi) is 7.27. The molecule has 0 saturated heterocycles. The lowest BCUT2D eigenvalue weighted by molar-refractivity contribution is 1.18. The molecule has 0 aliphatic heterocycles. The largest absolute Gasteiger partial charge is 0.309 e. The van der Waals surface area contributed by atoms with Crippen LogP contribution in [0.4, 0.5) is 0 Å². The summed E-state index contributed by atoms with van der Waals surface area (Å²) in [7, 11) is -2.64. The molecule has 0 N–H and O–H groups in total. The van der Waals surface area contributed by atoms with Crippen molar-refractivity contribution < 1.29 is 0 Å². The van der Waals surface area contributed by atoms with Gasteiger partial charge in [-0.15, -0.1) is 0 Å². The summed E-state index contributed by atoms with van der Waals surface area (Å²) < 4.78 is 2.26. The smallest absolute Gasteiger partial charge is 0.179 e. The summed E-state index contributed by atoms with van der Waals surface area (Å²) in [5.41, 5.74) is 6.43. The van der Waals surface area contributed by atoms with Gasteiger partial charge in [-0.05, 0) is 68.8 Å². The van der Waals surface area contributed by atoms with Crippen LogP contribution in [0.1, 0.15) is 11.1 Å². The Labute approximate surface area is 280 Å². The first-order chi connectivity index (χ1) is 23.7. The lowest BCUT2D eigenvalue weighted by atomic mass is 10.0. The van der Waals surface area contributed by atoms with Gasteiger partial charge in [0.05, 0.1) is 40.0 Å². The molecular weight excluding hydrogens is 599 g/mol. The normalized spacial score (nSPS) is 11.3. The molecule has 48 heavy (non-hydrogen) atoms. The zero-order chi connectivity index (χ0) is 32.5. The summed E-state index contributed by atoms with van der Waals surface area (Å²) in [5.74, 6) is 0. The third kappa shape index (κ3) is 4.64. The highest BCUT2D eigenvalue weighted by atomic mass is 28.3. The first-order valence-corrected chi connectivity index (χ1v) is 18.0. The maximum Gasteiger partial charge on any atom is 0.179 e. The molecule has 0 aliphatic carbocycles. The van der Waals surface area contributed by atoms with Crippen LogP contribution in [0, 0.1) is 22.7 Å². The SMILES string of the molecule is N#Cc1ccc2c(c1)c1cc(C#N)ccc1n2-c1ccccc1-c1ccc([Si](c2ccccc2)(c2ccccc2)c2ccccc2)cc1. The minimum atomic E-state index is -2.64. The number of nitrogens with zero attached hydrogens (tertiary/aromatic N) is 3. The van der Waals surface area contributed by atoms with Crippen molar-refractivity contribution in [3.05, 3.63) is 187 Å². The van der Waals surface area contributed by atoms with Crippen molar-refractivity contribution in [2.45, 2.75) is 0 Å². The molecule has 4 heteroatoms. The van der Waals surface area contributed by atoms with Gasteiger partial charge < -0.3 is 4.57 Å². The minimum Gasteiger partial charge on any atom is -0.309 e. The monoisotopic (exact) mass is 627 g/mol. The van der Waals surface area contributed by atoms with Crippen LogP contribution < -0.4 is 20.7 Å². The third-order valence-corrected chi connectivity index (χ3v) is 14.2. The predicted molar refractivity (Wildman–Crippen MR) is 199 cm³/mol. The van der Waals surface area contributed by atoms with Crippen molar-refractivity contribution >= 4 is 50.6 Å². The van der Waals surface area contributed by atoms with Crippen LogP contribution in [-0.2, 0) is 0 Å². The topological polar surface area (TPSA) is 52.5 Å². The molecule has 1 aromatic heterocycles. The van der Waals surface area contributed by atoms with Gasteiger partial charge in [-0.2, -0.15) is 10.5 Å². The number of rotatable bonds is 6. The number of para-hydroxylation sites is 1. The Hall–Kier alpha value is -6.46. The molecule has 0 spiro atoms. The molecule has 8 rings (SSSR count).